The third-order valence-corrected chi connectivity index (χ3v) is 5.05. The molecule has 1 atom stereocenters. The van der Waals surface area contributed by atoms with Gasteiger partial charge in [-0.1, -0.05) is 47.8 Å². The minimum absolute atomic E-state index is 0.342. The first-order valence-corrected chi connectivity index (χ1v) is 8.21. The fourth-order valence-electron chi connectivity index (χ4n) is 1.48. The second-order valence-corrected chi connectivity index (χ2v) is 7.12. The van der Waals surface area contributed by atoms with E-state index in [0.717, 1.165) is 15.4 Å². The minimum Gasteiger partial charge on any atom is -0.152 e. The van der Waals surface area contributed by atoms with E-state index in [1.54, 1.807) is 11.3 Å². The molecule has 84 valence electrons. The maximum absolute atomic E-state index is 3.75. The van der Waals surface area contributed by atoms with E-state index >= 15 is 0 Å². The van der Waals surface area contributed by atoms with Crippen LogP contribution in [0.5, 0.6) is 0 Å². The lowest BCUT2D eigenvalue weighted by Gasteiger charge is -2.11. The topological polar surface area (TPSA) is 0 Å². The van der Waals surface area contributed by atoms with E-state index in [2.05, 4.69) is 76.7 Å². The molecule has 0 saturated carbocycles. The van der Waals surface area contributed by atoms with Crippen LogP contribution in [0.25, 0.3) is 0 Å². The molecule has 0 amide bonds. The van der Waals surface area contributed by atoms with Gasteiger partial charge in [-0.2, -0.15) is 11.3 Å². The summed E-state index contributed by atoms with van der Waals surface area (Å²) >= 11 is 12.6. The maximum atomic E-state index is 3.75. The molecule has 0 fully saturated rings. The zero-order valence-corrected chi connectivity index (χ0v) is 13.9. The molecule has 1 aromatic carbocycles. The van der Waals surface area contributed by atoms with Gasteiger partial charge in [0.1, 0.15) is 0 Å². The smallest absolute Gasteiger partial charge is 0.0447 e. The van der Waals surface area contributed by atoms with Crippen LogP contribution in [0, 0.1) is 0 Å². The Kier molecular flexibility index (Phi) is 4.65. The van der Waals surface area contributed by atoms with Crippen LogP contribution < -0.4 is 0 Å². The first-order valence-electron chi connectivity index (χ1n) is 4.77. The number of rotatable bonds is 3. The quantitative estimate of drug-likeness (QED) is 0.534. The zero-order valence-electron chi connectivity index (χ0n) is 8.29. The van der Waals surface area contributed by atoms with Crippen LogP contribution in [0.1, 0.15) is 16.0 Å². The average molecular weight is 425 g/mol. The maximum Gasteiger partial charge on any atom is 0.0447 e. The van der Waals surface area contributed by atoms with E-state index < -0.39 is 0 Å². The Hall–Kier alpha value is 0.360. The standard InChI is InChI=1S/C12H9Br3S/c13-9-1-2-11(14)10(6-9)12(15)5-8-3-4-16-7-8/h1-4,6-7,12H,5H2. The molecule has 1 heterocycles. The van der Waals surface area contributed by atoms with Crippen LogP contribution in [-0.4, -0.2) is 0 Å². The van der Waals surface area contributed by atoms with Crippen molar-refractivity contribution in [1.82, 2.24) is 0 Å². The molecule has 0 radical (unpaired) electrons. The van der Waals surface area contributed by atoms with Gasteiger partial charge in [-0.05, 0) is 52.6 Å². The van der Waals surface area contributed by atoms with Gasteiger partial charge in [0.05, 0.1) is 0 Å². The van der Waals surface area contributed by atoms with E-state index in [1.165, 1.54) is 11.1 Å². The van der Waals surface area contributed by atoms with Crippen molar-refractivity contribution < 1.29 is 0 Å². The van der Waals surface area contributed by atoms with Gasteiger partial charge < -0.3 is 0 Å². The second kappa shape index (κ2) is 5.80. The fourth-order valence-corrected chi connectivity index (χ4v) is 4.12. The lowest BCUT2D eigenvalue weighted by Crippen LogP contribution is -1.95. The summed E-state index contributed by atoms with van der Waals surface area (Å²) in [5.74, 6) is 0. The largest absolute Gasteiger partial charge is 0.152 e. The summed E-state index contributed by atoms with van der Waals surface area (Å²) in [5, 5.41) is 4.31. The van der Waals surface area contributed by atoms with Crippen LogP contribution in [0.15, 0.2) is 44.0 Å². The van der Waals surface area contributed by atoms with E-state index in [0.29, 0.717) is 4.83 Å². The zero-order chi connectivity index (χ0) is 11.5. The molecule has 0 nitrogen and oxygen atoms in total. The Morgan fingerprint density at radius 1 is 1.19 bits per heavy atom. The predicted molar refractivity (Wildman–Crippen MR) is 81.5 cm³/mol. The molecule has 0 bridgehead atoms. The number of benzene rings is 1. The summed E-state index contributed by atoms with van der Waals surface area (Å²) in [7, 11) is 0. The van der Waals surface area contributed by atoms with Crippen molar-refractivity contribution >= 4 is 59.1 Å². The summed E-state index contributed by atoms with van der Waals surface area (Å²) in [6, 6.07) is 8.43. The monoisotopic (exact) mass is 422 g/mol. The van der Waals surface area contributed by atoms with Crippen LogP contribution >= 0.6 is 59.1 Å². The van der Waals surface area contributed by atoms with E-state index in [-0.39, 0.29) is 0 Å². The van der Waals surface area contributed by atoms with Gasteiger partial charge >= 0.3 is 0 Å². The molecular weight excluding hydrogens is 416 g/mol. The Labute approximate surface area is 124 Å². The van der Waals surface area contributed by atoms with Crippen LogP contribution in [0.4, 0.5) is 0 Å². The third-order valence-electron chi connectivity index (χ3n) is 2.29. The summed E-state index contributed by atoms with van der Waals surface area (Å²) in [4.78, 5) is 0.342. The summed E-state index contributed by atoms with van der Waals surface area (Å²) in [6.07, 6.45) is 1.01. The minimum atomic E-state index is 0.342. The molecule has 0 spiro atoms. The van der Waals surface area contributed by atoms with Gasteiger partial charge in [0, 0.05) is 13.8 Å². The van der Waals surface area contributed by atoms with Crippen molar-refractivity contribution in [3.8, 4) is 0 Å². The van der Waals surface area contributed by atoms with Crippen molar-refractivity contribution in [3.05, 3.63) is 55.1 Å². The summed E-state index contributed by atoms with van der Waals surface area (Å²) < 4.78 is 2.26. The van der Waals surface area contributed by atoms with Gasteiger partial charge in [0.25, 0.3) is 0 Å². The average Bonchev–Trinajstić information content (AvgIpc) is 2.74. The molecule has 2 aromatic rings. The van der Waals surface area contributed by atoms with Crippen molar-refractivity contribution in [1.29, 1.82) is 0 Å². The van der Waals surface area contributed by atoms with Crippen LogP contribution in [-0.2, 0) is 6.42 Å². The van der Waals surface area contributed by atoms with Crippen molar-refractivity contribution in [2.24, 2.45) is 0 Å². The summed E-state index contributed by atoms with van der Waals surface area (Å²) in [6.45, 7) is 0. The van der Waals surface area contributed by atoms with Gasteiger partial charge in [0.15, 0.2) is 0 Å². The van der Waals surface area contributed by atoms with Gasteiger partial charge in [-0.25, -0.2) is 0 Å². The Morgan fingerprint density at radius 3 is 2.69 bits per heavy atom. The van der Waals surface area contributed by atoms with E-state index in [1.807, 2.05) is 6.07 Å². The first-order chi connectivity index (χ1) is 7.66. The number of halogens is 3. The van der Waals surface area contributed by atoms with Crippen LogP contribution in [0.2, 0.25) is 0 Å². The molecule has 4 heteroatoms. The van der Waals surface area contributed by atoms with Crippen molar-refractivity contribution in [2.75, 3.05) is 0 Å². The molecule has 0 aliphatic heterocycles. The SMILES string of the molecule is Brc1ccc(Br)c(C(Br)Cc2ccsc2)c1. The molecule has 0 N–H and O–H groups in total. The Morgan fingerprint density at radius 2 is 2.00 bits per heavy atom. The second-order valence-electron chi connectivity index (χ2n) is 3.47. The molecule has 2 rings (SSSR count). The molecule has 1 unspecified atom stereocenters. The molecule has 16 heavy (non-hydrogen) atoms. The fraction of sp³-hybridized carbons (Fsp3) is 0.167. The highest BCUT2D eigenvalue weighted by Gasteiger charge is 2.12. The molecule has 1 aromatic heterocycles. The number of hydrogen-bond acceptors (Lipinski definition) is 1. The highest BCUT2D eigenvalue weighted by molar-refractivity contribution is 9.11. The first kappa shape index (κ1) is 12.8. The van der Waals surface area contributed by atoms with Crippen molar-refractivity contribution in [3.63, 3.8) is 0 Å². The van der Waals surface area contributed by atoms with Gasteiger partial charge in [-0.15, -0.1) is 0 Å². The van der Waals surface area contributed by atoms with E-state index in [9.17, 15) is 0 Å². The Balaban J connectivity index is 2.20. The van der Waals surface area contributed by atoms with Gasteiger partial charge in [-0.3, -0.25) is 0 Å². The lowest BCUT2D eigenvalue weighted by atomic mass is 10.1. The summed E-state index contributed by atoms with van der Waals surface area (Å²) in [5.41, 5.74) is 2.65. The van der Waals surface area contributed by atoms with Crippen molar-refractivity contribution in [2.45, 2.75) is 11.2 Å². The highest BCUT2D eigenvalue weighted by atomic mass is 79.9. The predicted octanol–water partition coefficient (Wildman–Crippen LogP) is 5.95. The van der Waals surface area contributed by atoms with E-state index in [4.69, 9.17) is 0 Å². The number of thiophene rings is 1. The normalized spacial score (nSPS) is 12.7. The van der Waals surface area contributed by atoms with Crippen LogP contribution in [0.3, 0.4) is 0 Å². The van der Waals surface area contributed by atoms with Gasteiger partial charge in [0.2, 0.25) is 0 Å². The Bertz CT molecular complexity index is 465. The molecule has 0 aliphatic rings. The third kappa shape index (κ3) is 3.19. The molecular formula is C12H9Br3S. The molecule has 0 aliphatic carbocycles. The lowest BCUT2D eigenvalue weighted by molar-refractivity contribution is 0.947. The molecule has 0 saturated heterocycles. The highest BCUT2D eigenvalue weighted by Crippen LogP contribution is 2.34. The number of hydrogen-bond donors (Lipinski definition) is 0. The number of alkyl halides is 1.